The fourth-order valence-corrected chi connectivity index (χ4v) is 3.01. The molecule has 1 heterocycles. The van der Waals surface area contributed by atoms with Crippen LogP contribution in [-0.2, 0) is 19.6 Å². The number of hydrogen-bond donors (Lipinski definition) is 2. The van der Waals surface area contributed by atoms with Gasteiger partial charge in [0.05, 0.1) is 20.5 Å². The fraction of sp³-hybridized carbons (Fsp3) is 0.273. The van der Waals surface area contributed by atoms with E-state index in [2.05, 4.69) is 49.4 Å². The first kappa shape index (κ1) is 23.5. The van der Waals surface area contributed by atoms with Crippen LogP contribution >= 0.6 is 24.0 Å². The van der Waals surface area contributed by atoms with E-state index < -0.39 is 0 Å². The van der Waals surface area contributed by atoms with Gasteiger partial charge in [-0.1, -0.05) is 30.3 Å². The molecule has 0 saturated heterocycles. The van der Waals surface area contributed by atoms with E-state index >= 15 is 0 Å². The second-order valence-electron chi connectivity index (χ2n) is 6.52. The molecule has 160 valence electrons. The van der Waals surface area contributed by atoms with E-state index in [0.717, 1.165) is 18.1 Å². The van der Waals surface area contributed by atoms with E-state index in [1.54, 1.807) is 27.5 Å². The Bertz CT molecular complexity index is 944. The standard InChI is InChI=1S/C22H27N5O2.HI/c1-23-22(26-14-18-7-8-20(28-2)21(12-18)29-3)25-13-17-5-4-6-19(11-17)15-27-10-9-24-16-27;/h4-12,16H,13-15H2,1-3H3,(H2,23,25,26);1H. The van der Waals surface area contributed by atoms with Gasteiger partial charge in [-0.05, 0) is 28.8 Å². The summed E-state index contributed by atoms with van der Waals surface area (Å²) in [7, 11) is 5.03. The Morgan fingerprint density at radius 3 is 2.30 bits per heavy atom. The van der Waals surface area contributed by atoms with E-state index in [1.807, 2.05) is 30.7 Å². The molecule has 8 heteroatoms. The largest absolute Gasteiger partial charge is 0.493 e. The number of hydrogen-bond acceptors (Lipinski definition) is 4. The minimum Gasteiger partial charge on any atom is -0.493 e. The molecule has 3 rings (SSSR count). The molecule has 0 radical (unpaired) electrons. The number of nitrogens with zero attached hydrogens (tertiary/aromatic N) is 3. The molecule has 2 N–H and O–H groups in total. The molecule has 7 nitrogen and oxygen atoms in total. The Hall–Kier alpha value is -2.75. The highest BCUT2D eigenvalue weighted by Crippen LogP contribution is 2.27. The molecule has 0 unspecified atom stereocenters. The van der Waals surface area contributed by atoms with Crippen molar-refractivity contribution in [3.05, 3.63) is 77.9 Å². The highest BCUT2D eigenvalue weighted by molar-refractivity contribution is 14.0. The van der Waals surface area contributed by atoms with Crippen molar-refractivity contribution in [1.82, 2.24) is 20.2 Å². The maximum absolute atomic E-state index is 5.36. The van der Waals surface area contributed by atoms with Crippen molar-refractivity contribution in [3.8, 4) is 11.5 Å². The van der Waals surface area contributed by atoms with Crippen LogP contribution in [0.2, 0.25) is 0 Å². The van der Waals surface area contributed by atoms with Gasteiger partial charge in [-0.25, -0.2) is 4.98 Å². The molecule has 0 amide bonds. The molecule has 3 aromatic rings. The molecule has 0 aliphatic carbocycles. The molecular formula is C22H28IN5O2. The Morgan fingerprint density at radius 1 is 0.967 bits per heavy atom. The summed E-state index contributed by atoms with van der Waals surface area (Å²) >= 11 is 0. The van der Waals surface area contributed by atoms with Crippen LogP contribution in [0.3, 0.4) is 0 Å². The Labute approximate surface area is 194 Å². The van der Waals surface area contributed by atoms with Gasteiger partial charge in [0.1, 0.15) is 0 Å². The molecule has 0 saturated carbocycles. The Morgan fingerprint density at radius 2 is 1.67 bits per heavy atom. The molecule has 1 aromatic heterocycles. The normalized spacial score (nSPS) is 10.8. The van der Waals surface area contributed by atoms with E-state index in [-0.39, 0.29) is 24.0 Å². The summed E-state index contributed by atoms with van der Waals surface area (Å²) in [5.41, 5.74) is 3.50. The van der Waals surface area contributed by atoms with E-state index in [9.17, 15) is 0 Å². The number of aliphatic imine (C=N–C) groups is 1. The van der Waals surface area contributed by atoms with Crippen LogP contribution in [0, 0.1) is 0 Å². The average molecular weight is 521 g/mol. The smallest absolute Gasteiger partial charge is 0.191 e. The Balaban J connectivity index is 0.00000320. The zero-order valence-electron chi connectivity index (χ0n) is 17.5. The second-order valence-corrected chi connectivity index (χ2v) is 6.52. The molecule has 0 fully saturated rings. The number of methoxy groups -OCH3 is 2. The molecule has 0 aliphatic heterocycles. The van der Waals surface area contributed by atoms with Crippen molar-refractivity contribution >= 4 is 29.9 Å². The first-order valence-electron chi connectivity index (χ1n) is 9.41. The van der Waals surface area contributed by atoms with Gasteiger partial charge in [0, 0.05) is 39.1 Å². The van der Waals surface area contributed by atoms with Crippen molar-refractivity contribution in [1.29, 1.82) is 0 Å². The third-order valence-corrected chi connectivity index (χ3v) is 4.51. The number of aromatic nitrogens is 2. The summed E-state index contributed by atoms with van der Waals surface area (Å²) in [5, 5.41) is 6.68. The molecule has 0 bridgehead atoms. The summed E-state index contributed by atoms with van der Waals surface area (Å²) in [6.07, 6.45) is 5.58. The lowest BCUT2D eigenvalue weighted by Gasteiger charge is -2.14. The van der Waals surface area contributed by atoms with Gasteiger partial charge in [-0.2, -0.15) is 0 Å². The summed E-state index contributed by atoms with van der Waals surface area (Å²) < 4.78 is 12.7. The molecule has 0 atom stereocenters. The van der Waals surface area contributed by atoms with Crippen LogP contribution in [0.4, 0.5) is 0 Å². The molecule has 30 heavy (non-hydrogen) atoms. The highest BCUT2D eigenvalue weighted by atomic mass is 127. The van der Waals surface area contributed by atoms with Gasteiger partial charge in [-0.3, -0.25) is 4.99 Å². The maximum atomic E-state index is 5.36. The summed E-state index contributed by atoms with van der Waals surface area (Å²) in [6.45, 7) is 2.12. The average Bonchev–Trinajstić information content (AvgIpc) is 3.27. The monoisotopic (exact) mass is 521 g/mol. The van der Waals surface area contributed by atoms with Crippen LogP contribution in [0.15, 0.2) is 66.2 Å². The lowest BCUT2D eigenvalue weighted by Crippen LogP contribution is -2.36. The maximum Gasteiger partial charge on any atom is 0.191 e. The van der Waals surface area contributed by atoms with Gasteiger partial charge in [-0.15, -0.1) is 24.0 Å². The molecule has 0 aliphatic rings. The zero-order valence-corrected chi connectivity index (χ0v) is 19.8. The lowest BCUT2D eigenvalue weighted by atomic mass is 10.1. The van der Waals surface area contributed by atoms with E-state index in [1.165, 1.54) is 11.1 Å². The number of rotatable bonds is 8. The first-order chi connectivity index (χ1) is 14.2. The first-order valence-corrected chi connectivity index (χ1v) is 9.41. The third-order valence-electron chi connectivity index (χ3n) is 4.51. The van der Waals surface area contributed by atoms with E-state index in [4.69, 9.17) is 9.47 Å². The highest BCUT2D eigenvalue weighted by Gasteiger charge is 2.06. The van der Waals surface area contributed by atoms with E-state index in [0.29, 0.717) is 24.6 Å². The van der Waals surface area contributed by atoms with Gasteiger partial charge in [0.2, 0.25) is 0 Å². The number of imidazole rings is 1. The number of nitrogens with one attached hydrogen (secondary N) is 2. The number of guanidine groups is 1. The van der Waals surface area contributed by atoms with Crippen molar-refractivity contribution in [2.75, 3.05) is 21.3 Å². The number of halogens is 1. The summed E-state index contributed by atoms with van der Waals surface area (Å²) in [4.78, 5) is 8.39. The summed E-state index contributed by atoms with van der Waals surface area (Å²) in [6, 6.07) is 14.3. The van der Waals surface area contributed by atoms with Gasteiger partial charge in [0.15, 0.2) is 17.5 Å². The van der Waals surface area contributed by atoms with Crippen LogP contribution in [0.5, 0.6) is 11.5 Å². The number of ether oxygens (including phenoxy) is 2. The van der Waals surface area contributed by atoms with Crippen molar-refractivity contribution in [2.24, 2.45) is 4.99 Å². The molecule has 0 spiro atoms. The predicted molar refractivity (Wildman–Crippen MR) is 130 cm³/mol. The SMILES string of the molecule is CN=C(NCc1cccc(Cn2ccnc2)c1)NCc1ccc(OC)c(OC)c1.I. The molecule has 2 aromatic carbocycles. The van der Waals surface area contributed by atoms with Crippen molar-refractivity contribution in [2.45, 2.75) is 19.6 Å². The van der Waals surface area contributed by atoms with Crippen LogP contribution in [-0.4, -0.2) is 36.8 Å². The predicted octanol–water partition coefficient (Wildman–Crippen LogP) is 3.43. The number of benzene rings is 2. The van der Waals surface area contributed by atoms with Crippen LogP contribution in [0.1, 0.15) is 16.7 Å². The fourth-order valence-electron chi connectivity index (χ4n) is 3.01. The van der Waals surface area contributed by atoms with Crippen molar-refractivity contribution in [3.63, 3.8) is 0 Å². The van der Waals surface area contributed by atoms with Crippen LogP contribution < -0.4 is 20.1 Å². The van der Waals surface area contributed by atoms with Gasteiger partial charge in [0.25, 0.3) is 0 Å². The second kappa shape index (κ2) is 12.1. The van der Waals surface area contributed by atoms with Crippen LogP contribution in [0.25, 0.3) is 0 Å². The summed E-state index contributed by atoms with van der Waals surface area (Å²) in [5.74, 6) is 2.17. The molecular weight excluding hydrogens is 493 g/mol. The van der Waals surface area contributed by atoms with Crippen molar-refractivity contribution < 1.29 is 9.47 Å². The zero-order chi connectivity index (χ0) is 20.5. The quantitative estimate of drug-likeness (QED) is 0.270. The Kier molecular flexibility index (Phi) is 9.46. The van der Waals surface area contributed by atoms with Gasteiger partial charge >= 0.3 is 0 Å². The van der Waals surface area contributed by atoms with Gasteiger partial charge < -0.3 is 24.7 Å². The topological polar surface area (TPSA) is 72.7 Å². The minimum atomic E-state index is 0. The minimum absolute atomic E-state index is 0. The lowest BCUT2D eigenvalue weighted by molar-refractivity contribution is 0.354. The third kappa shape index (κ3) is 6.65.